The molecule has 2 aliphatic rings. The van der Waals surface area contributed by atoms with Crippen LogP contribution in [0.3, 0.4) is 0 Å². The van der Waals surface area contributed by atoms with Gasteiger partial charge in [0.25, 0.3) is 0 Å². The summed E-state index contributed by atoms with van der Waals surface area (Å²) < 4.78 is 18.3. The Hall–Kier alpha value is -2.93. The Morgan fingerprint density at radius 3 is 2.67 bits per heavy atom. The summed E-state index contributed by atoms with van der Waals surface area (Å²) in [7, 11) is 0. The van der Waals surface area contributed by atoms with Gasteiger partial charge in [0.2, 0.25) is 0 Å². The predicted molar refractivity (Wildman–Crippen MR) is 114 cm³/mol. The highest BCUT2D eigenvalue weighted by molar-refractivity contribution is 5.97. The Morgan fingerprint density at radius 1 is 1.13 bits per heavy atom. The standard InChI is InChI=1S/C23H26FN3O3/c24-19-4-1-17(2-5-19)22(28)18-8-11-27(12-9-18)13-14-30-23(29)26-20-6-3-16-7-10-25-21(16)15-20/h1-6,15,18,25H,7-14H2,(H,26,29). The van der Waals surface area contributed by atoms with Crippen molar-refractivity contribution < 1.29 is 18.7 Å². The lowest BCUT2D eigenvalue weighted by atomic mass is 9.89. The maximum atomic E-state index is 13.0. The molecule has 2 N–H and O–H groups in total. The van der Waals surface area contributed by atoms with E-state index in [0.29, 0.717) is 24.4 Å². The van der Waals surface area contributed by atoms with Crippen molar-refractivity contribution in [3.8, 4) is 0 Å². The minimum atomic E-state index is -0.464. The van der Waals surface area contributed by atoms with Crippen LogP contribution in [0.25, 0.3) is 0 Å². The number of anilines is 2. The fraction of sp³-hybridized carbons (Fsp3) is 0.391. The summed E-state index contributed by atoms with van der Waals surface area (Å²) in [5, 5.41) is 6.05. The molecule has 158 valence electrons. The number of amides is 1. The fourth-order valence-electron chi connectivity index (χ4n) is 4.06. The van der Waals surface area contributed by atoms with Gasteiger partial charge in [0.1, 0.15) is 12.4 Å². The van der Waals surface area contributed by atoms with E-state index in [-0.39, 0.29) is 17.5 Å². The average molecular weight is 411 g/mol. The second-order valence-electron chi connectivity index (χ2n) is 7.80. The van der Waals surface area contributed by atoms with Crippen molar-refractivity contribution in [3.05, 3.63) is 59.4 Å². The Morgan fingerprint density at radius 2 is 1.90 bits per heavy atom. The third-order valence-corrected chi connectivity index (χ3v) is 5.79. The Bertz CT molecular complexity index is 908. The molecule has 1 amide bonds. The minimum Gasteiger partial charge on any atom is -0.448 e. The summed E-state index contributed by atoms with van der Waals surface area (Å²) in [4.78, 5) is 26.8. The normalized spacial score (nSPS) is 16.6. The molecular weight excluding hydrogens is 385 g/mol. The molecule has 4 rings (SSSR count). The lowest BCUT2D eigenvalue weighted by Crippen LogP contribution is -2.38. The lowest BCUT2D eigenvalue weighted by Gasteiger charge is -2.31. The van der Waals surface area contributed by atoms with E-state index in [0.717, 1.165) is 44.6 Å². The first-order chi connectivity index (χ1) is 14.6. The summed E-state index contributed by atoms with van der Waals surface area (Å²) in [6, 6.07) is 11.6. The Labute approximate surface area is 175 Å². The van der Waals surface area contributed by atoms with Crippen LogP contribution in [0.15, 0.2) is 42.5 Å². The molecule has 6 nitrogen and oxygen atoms in total. The molecule has 2 heterocycles. The Balaban J connectivity index is 1.16. The zero-order chi connectivity index (χ0) is 20.9. The first kappa shape index (κ1) is 20.3. The highest BCUT2D eigenvalue weighted by atomic mass is 19.1. The van der Waals surface area contributed by atoms with Crippen molar-refractivity contribution in [3.63, 3.8) is 0 Å². The summed E-state index contributed by atoms with van der Waals surface area (Å²) in [5.41, 5.74) is 3.60. The highest BCUT2D eigenvalue weighted by Gasteiger charge is 2.25. The monoisotopic (exact) mass is 411 g/mol. The molecule has 7 heteroatoms. The predicted octanol–water partition coefficient (Wildman–Crippen LogP) is 3.94. The SMILES string of the molecule is O=C(Nc1ccc2c(c1)NCC2)OCCN1CCC(C(=O)c2ccc(F)cc2)CC1. The zero-order valence-corrected chi connectivity index (χ0v) is 16.8. The number of carbonyl (C=O) groups is 2. The van der Waals surface area contributed by atoms with E-state index < -0.39 is 6.09 Å². The van der Waals surface area contributed by atoms with Crippen molar-refractivity contribution in [2.75, 3.05) is 43.4 Å². The van der Waals surface area contributed by atoms with Crippen LogP contribution in [0.1, 0.15) is 28.8 Å². The number of nitrogens with zero attached hydrogens (tertiary/aromatic N) is 1. The van der Waals surface area contributed by atoms with Crippen LogP contribution in [0, 0.1) is 11.7 Å². The molecule has 0 saturated carbocycles. The fourth-order valence-corrected chi connectivity index (χ4v) is 4.06. The van der Waals surface area contributed by atoms with Gasteiger partial charge in [0.05, 0.1) is 0 Å². The number of carbonyl (C=O) groups excluding carboxylic acids is 2. The van der Waals surface area contributed by atoms with Crippen molar-refractivity contribution in [2.24, 2.45) is 5.92 Å². The van der Waals surface area contributed by atoms with E-state index >= 15 is 0 Å². The van der Waals surface area contributed by atoms with Crippen LogP contribution >= 0.6 is 0 Å². The number of hydrogen-bond donors (Lipinski definition) is 2. The molecule has 0 unspecified atom stereocenters. The molecule has 0 spiro atoms. The van der Waals surface area contributed by atoms with E-state index in [1.807, 2.05) is 18.2 Å². The van der Waals surface area contributed by atoms with Crippen molar-refractivity contribution in [1.29, 1.82) is 0 Å². The zero-order valence-electron chi connectivity index (χ0n) is 16.8. The molecule has 2 aliphatic heterocycles. The van der Waals surface area contributed by atoms with Crippen LogP contribution in [0.5, 0.6) is 0 Å². The summed E-state index contributed by atoms with van der Waals surface area (Å²) in [6.07, 6.45) is 2.05. The van der Waals surface area contributed by atoms with Gasteiger partial charge in [0, 0.05) is 35.9 Å². The summed E-state index contributed by atoms with van der Waals surface area (Å²) >= 11 is 0. The van der Waals surface area contributed by atoms with Crippen molar-refractivity contribution in [1.82, 2.24) is 4.90 Å². The van der Waals surface area contributed by atoms with Crippen molar-refractivity contribution in [2.45, 2.75) is 19.3 Å². The number of hydrogen-bond acceptors (Lipinski definition) is 5. The van der Waals surface area contributed by atoms with Gasteiger partial charge >= 0.3 is 6.09 Å². The maximum absolute atomic E-state index is 13.0. The first-order valence-corrected chi connectivity index (χ1v) is 10.4. The minimum absolute atomic E-state index is 0.0376. The molecule has 0 aromatic heterocycles. The van der Waals surface area contributed by atoms with Crippen LogP contribution in [0.2, 0.25) is 0 Å². The molecule has 2 aromatic carbocycles. The number of fused-ring (bicyclic) bond motifs is 1. The van der Waals surface area contributed by atoms with Gasteiger partial charge in [-0.3, -0.25) is 15.0 Å². The van der Waals surface area contributed by atoms with E-state index in [2.05, 4.69) is 15.5 Å². The second kappa shape index (κ2) is 9.26. The highest BCUT2D eigenvalue weighted by Crippen LogP contribution is 2.26. The lowest BCUT2D eigenvalue weighted by molar-refractivity contribution is 0.0813. The number of piperidine rings is 1. The van der Waals surface area contributed by atoms with Gasteiger partial charge in [-0.2, -0.15) is 0 Å². The number of likely N-dealkylation sites (tertiary alicyclic amines) is 1. The molecule has 1 saturated heterocycles. The number of halogens is 1. The van der Waals surface area contributed by atoms with Crippen LogP contribution in [-0.4, -0.2) is 49.6 Å². The van der Waals surface area contributed by atoms with Gasteiger partial charge in [-0.05, 0) is 74.3 Å². The van der Waals surface area contributed by atoms with Crippen LogP contribution in [0.4, 0.5) is 20.6 Å². The first-order valence-electron chi connectivity index (χ1n) is 10.4. The number of Topliss-reactive ketones (excluding diaryl/α,β-unsaturated/α-hetero) is 1. The number of nitrogens with one attached hydrogen (secondary N) is 2. The molecule has 1 fully saturated rings. The smallest absolute Gasteiger partial charge is 0.411 e. The number of rotatable bonds is 6. The van der Waals surface area contributed by atoms with E-state index in [4.69, 9.17) is 4.74 Å². The van der Waals surface area contributed by atoms with E-state index in [1.165, 1.54) is 17.7 Å². The van der Waals surface area contributed by atoms with E-state index in [9.17, 15) is 14.0 Å². The molecule has 0 atom stereocenters. The molecule has 2 aromatic rings. The molecule has 0 radical (unpaired) electrons. The quantitative estimate of drug-likeness (QED) is 0.705. The third kappa shape index (κ3) is 4.97. The largest absolute Gasteiger partial charge is 0.448 e. The van der Waals surface area contributed by atoms with Crippen LogP contribution < -0.4 is 10.6 Å². The molecule has 30 heavy (non-hydrogen) atoms. The molecule has 0 bridgehead atoms. The van der Waals surface area contributed by atoms with Gasteiger partial charge in [-0.1, -0.05) is 6.07 Å². The number of ketones is 1. The second-order valence-corrected chi connectivity index (χ2v) is 7.80. The third-order valence-electron chi connectivity index (χ3n) is 5.79. The van der Waals surface area contributed by atoms with E-state index in [1.54, 1.807) is 12.1 Å². The van der Waals surface area contributed by atoms with Gasteiger partial charge < -0.3 is 10.1 Å². The van der Waals surface area contributed by atoms with Crippen molar-refractivity contribution >= 4 is 23.3 Å². The topological polar surface area (TPSA) is 70.7 Å². The average Bonchev–Trinajstić information content (AvgIpc) is 3.22. The molecule has 0 aliphatic carbocycles. The maximum Gasteiger partial charge on any atom is 0.411 e. The molecular formula is C23H26FN3O3. The van der Waals surface area contributed by atoms with Gasteiger partial charge in [0.15, 0.2) is 5.78 Å². The van der Waals surface area contributed by atoms with Gasteiger partial charge in [-0.25, -0.2) is 9.18 Å². The van der Waals surface area contributed by atoms with Crippen LogP contribution in [-0.2, 0) is 11.2 Å². The number of benzene rings is 2. The summed E-state index contributed by atoms with van der Waals surface area (Å²) in [6.45, 7) is 3.41. The number of ether oxygens (including phenoxy) is 1. The summed E-state index contributed by atoms with van der Waals surface area (Å²) in [5.74, 6) is -0.295. The Kier molecular flexibility index (Phi) is 6.28. The van der Waals surface area contributed by atoms with Gasteiger partial charge in [-0.15, -0.1) is 0 Å².